The third kappa shape index (κ3) is 3.33. The minimum Gasteiger partial charge on any atom is -0.486 e. The summed E-state index contributed by atoms with van der Waals surface area (Å²) in [5, 5.41) is 2.79. The predicted molar refractivity (Wildman–Crippen MR) is 111 cm³/mol. The van der Waals surface area contributed by atoms with Crippen LogP contribution >= 0.6 is 11.8 Å². The molecule has 2 atom stereocenters. The zero-order valence-electron chi connectivity index (χ0n) is 16.1. The molecule has 6 nitrogen and oxygen atoms in total. The molecule has 7 heteroatoms. The fourth-order valence-corrected chi connectivity index (χ4v) is 5.06. The highest BCUT2D eigenvalue weighted by molar-refractivity contribution is 8.00. The Bertz CT molecular complexity index is 993. The van der Waals surface area contributed by atoms with Crippen LogP contribution in [0.4, 0.5) is 5.69 Å². The first-order chi connectivity index (χ1) is 14.1. The van der Waals surface area contributed by atoms with Gasteiger partial charge >= 0.3 is 0 Å². The zero-order valence-corrected chi connectivity index (χ0v) is 17.0. The summed E-state index contributed by atoms with van der Waals surface area (Å²) in [6, 6.07) is 11.5. The van der Waals surface area contributed by atoms with E-state index in [1.165, 1.54) is 11.8 Å². The second kappa shape index (κ2) is 7.30. The van der Waals surface area contributed by atoms with Crippen molar-refractivity contribution in [3.8, 4) is 11.5 Å². The molecule has 150 valence electrons. The quantitative estimate of drug-likeness (QED) is 0.814. The molecule has 1 saturated heterocycles. The summed E-state index contributed by atoms with van der Waals surface area (Å²) < 4.78 is 11.3. The maximum Gasteiger partial charge on any atom is 0.254 e. The number of nitrogens with one attached hydrogen (secondary N) is 1. The Labute approximate surface area is 173 Å². The van der Waals surface area contributed by atoms with Gasteiger partial charge in [-0.15, -0.1) is 11.8 Å². The van der Waals surface area contributed by atoms with Gasteiger partial charge in [-0.1, -0.05) is 6.07 Å². The fourth-order valence-electron chi connectivity index (χ4n) is 4.13. The third-order valence-corrected chi connectivity index (χ3v) is 6.80. The summed E-state index contributed by atoms with van der Waals surface area (Å²) in [5.74, 6) is 1.47. The van der Waals surface area contributed by atoms with E-state index in [4.69, 9.17) is 9.47 Å². The zero-order chi connectivity index (χ0) is 20.0. The standard InChI is InChI=1S/C22H22N2O4S/c1-13-21(25)23-16-11-15(5-7-20(16)29-13)22(26)24-8-2-3-17(24)14-4-6-18-19(12-14)28-10-9-27-18/h4-7,11-13,17H,2-3,8-10H2,1H3,(H,23,25)/t13-,17-/m0/s1. The average Bonchev–Trinajstić information content (AvgIpc) is 3.23. The number of benzene rings is 2. The lowest BCUT2D eigenvalue weighted by Crippen LogP contribution is -2.31. The molecule has 0 unspecified atom stereocenters. The summed E-state index contributed by atoms with van der Waals surface area (Å²) in [6.45, 7) is 3.70. The van der Waals surface area contributed by atoms with Crippen molar-refractivity contribution < 1.29 is 19.1 Å². The van der Waals surface area contributed by atoms with E-state index in [1.54, 1.807) is 6.07 Å². The van der Waals surface area contributed by atoms with E-state index in [-0.39, 0.29) is 23.1 Å². The van der Waals surface area contributed by atoms with Crippen molar-refractivity contribution in [2.45, 2.75) is 36.0 Å². The highest BCUT2D eigenvalue weighted by Crippen LogP contribution is 2.40. The van der Waals surface area contributed by atoms with Gasteiger partial charge in [-0.3, -0.25) is 9.59 Å². The lowest BCUT2D eigenvalue weighted by Gasteiger charge is -2.27. The number of ether oxygens (including phenoxy) is 2. The molecule has 3 aliphatic heterocycles. The molecule has 3 aliphatic rings. The van der Waals surface area contributed by atoms with Gasteiger partial charge in [-0.25, -0.2) is 0 Å². The first-order valence-corrected chi connectivity index (χ1v) is 10.8. The first kappa shape index (κ1) is 18.4. The molecule has 2 aromatic rings. The van der Waals surface area contributed by atoms with Gasteiger partial charge in [0.25, 0.3) is 5.91 Å². The van der Waals surface area contributed by atoms with Crippen LogP contribution in [0.2, 0.25) is 0 Å². The van der Waals surface area contributed by atoms with E-state index < -0.39 is 0 Å². The van der Waals surface area contributed by atoms with E-state index in [0.29, 0.717) is 25.3 Å². The fraction of sp³-hybridized carbons (Fsp3) is 0.364. The van der Waals surface area contributed by atoms with Crippen LogP contribution in [-0.4, -0.2) is 41.7 Å². The van der Waals surface area contributed by atoms with Gasteiger partial charge in [0.15, 0.2) is 11.5 Å². The number of anilines is 1. The summed E-state index contributed by atoms with van der Waals surface area (Å²) >= 11 is 1.52. The number of amides is 2. The van der Waals surface area contributed by atoms with Crippen molar-refractivity contribution in [1.29, 1.82) is 0 Å². The van der Waals surface area contributed by atoms with Crippen molar-refractivity contribution in [2.24, 2.45) is 0 Å². The Balaban J connectivity index is 1.41. The third-order valence-electron chi connectivity index (χ3n) is 5.62. The maximum atomic E-state index is 13.3. The number of thioether (sulfide) groups is 1. The number of rotatable bonds is 2. The van der Waals surface area contributed by atoms with Gasteiger partial charge in [0, 0.05) is 17.0 Å². The second-order valence-corrected chi connectivity index (χ2v) is 8.90. The molecule has 3 heterocycles. The molecule has 5 rings (SSSR count). The van der Waals surface area contributed by atoms with Crippen LogP contribution in [0.15, 0.2) is 41.3 Å². The van der Waals surface area contributed by atoms with Gasteiger partial charge in [0.05, 0.1) is 17.0 Å². The Morgan fingerprint density at radius 1 is 1.14 bits per heavy atom. The summed E-state index contributed by atoms with van der Waals surface area (Å²) in [6.07, 6.45) is 1.88. The van der Waals surface area contributed by atoms with Crippen LogP contribution in [0.1, 0.15) is 41.7 Å². The lowest BCUT2D eigenvalue weighted by atomic mass is 10.0. The Morgan fingerprint density at radius 3 is 2.83 bits per heavy atom. The number of likely N-dealkylation sites (tertiary alicyclic amines) is 1. The van der Waals surface area contributed by atoms with Crippen molar-refractivity contribution in [3.63, 3.8) is 0 Å². The van der Waals surface area contributed by atoms with E-state index in [1.807, 2.05) is 42.2 Å². The van der Waals surface area contributed by atoms with Crippen molar-refractivity contribution in [3.05, 3.63) is 47.5 Å². The van der Waals surface area contributed by atoms with E-state index in [9.17, 15) is 9.59 Å². The molecule has 0 radical (unpaired) electrons. The van der Waals surface area contributed by atoms with Gasteiger partial charge in [0.2, 0.25) is 5.91 Å². The number of nitrogens with zero attached hydrogens (tertiary/aromatic N) is 1. The Hall–Kier alpha value is -2.67. The molecule has 0 aromatic heterocycles. The van der Waals surface area contributed by atoms with Gasteiger partial charge in [-0.2, -0.15) is 0 Å². The van der Waals surface area contributed by atoms with E-state index in [2.05, 4.69) is 5.32 Å². The molecular formula is C22H22N2O4S. The minimum absolute atomic E-state index is 0.0111. The molecule has 2 aromatic carbocycles. The molecule has 1 fully saturated rings. The molecule has 0 spiro atoms. The topological polar surface area (TPSA) is 67.9 Å². The van der Waals surface area contributed by atoms with Crippen LogP contribution in [0.3, 0.4) is 0 Å². The van der Waals surface area contributed by atoms with Crippen LogP contribution in [0.25, 0.3) is 0 Å². The van der Waals surface area contributed by atoms with E-state index in [0.717, 1.165) is 40.5 Å². The Morgan fingerprint density at radius 2 is 1.97 bits per heavy atom. The molecule has 0 saturated carbocycles. The number of hydrogen-bond donors (Lipinski definition) is 1. The largest absolute Gasteiger partial charge is 0.486 e. The summed E-state index contributed by atoms with van der Waals surface area (Å²) in [4.78, 5) is 28.2. The minimum atomic E-state index is -0.123. The predicted octanol–water partition coefficient (Wildman–Crippen LogP) is 3.87. The molecular weight excluding hydrogens is 388 g/mol. The number of hydrogen-bond acceptors (Lipinski definition) is 5. The van der Waals surface area contributed by atoms with Gasteiger partial charge in [0.1, 0.15) is 13.2 Å². The molecule has 1 N–H and O–H groups in total. The van der Waals surface area contributed by atoms with Crippen LogP contribution in [0.5, 0.6) is 11.5 Å². The van der Waals surface area contributed by atoms with Crippen molar-refractivity contribution in [2.75, 3.05) is 25.1 Å². The number of carbonyl (C=O) groups is 2. The molecule has 29 heavy (non-hydrogen) atoms. The highest BCUT2D eigenvalue weighted by atomic mass is 32.2. The van der Waals surface area contributed by atoms with Crippen molar-refractivity contribution in [1.82, 2.24) is 4.90 Å². The normalized spacial score (nSPS) is 22.8. The summed E-state index contributed by atoms with van der Waals surface area (Å²) in [5.41, 5.74) is 2.39. The lowest BCUT2D eigenvalue weighted by molar-refractivity contribution is -0.115. The number of carbonyl (C=O) groups excluding carboxylic acids is 2. The van der Waals surface area contributed by atoms with E-state index >= 15 is 0 Å². The van der Waals surface area contributed by atoms with Crippen LogP contribution in [0, 0.1) is 0 Å². The molecule has 0 bridgehead atoms. The average molecular weight is 410 g/mol. The SMILES string of the molecule is C[C@@H]1Sc2ccc(C(=O)N3CCC[C@H]3c3ccc4c(c3)OCCO4)cc2NC1=O. The van der Waals surface area contributed by atoms with Crippen LogP contribution in [-0.2, 0) is 4.79 Å². The van der Waals surface area contributed by atoms with Crippen LogP contribution < -0.4 is 14.8 Å². The van der Waals surface area contributed by atoms with Crippen molar-refractivity contribution >= 4 is 29.3 Å². The smallest absolute Gasteiger partial charge is 0.254 e. The molecule has 2 amide bonds. The maximum absolute atomic E-state index is 13.3. The highest BCUT2D eigenvalue weighted by Gasteiger charge is 2.32. The monoisotopic (exact) mass is 410 g/mol. The number of fused-ring (bicyclic) bond motifs is 2. The van der Waals surface area contributed by atoms with Gasteiger partial charge in [-0.05, 0) is 55.7 Å². The first-order valence-electron chi connectivity index (χ1n) is 9.92. The Kier molecular flexibility index (Phi) is 4.62. The second-order valence-electron chi connectivity index (χ2n) is 7.52. The molecule has 0 aliphatic carbocycles. The summed E-state index contributed by atoms with van der Waals surface area (Å²) in [7, 11) is 0. The van der Waals surface area contributed by atoms with Gasteiger partial charge < -0.3 is 19.7 Å².